The number of pyridine rings is 2. The normalized spacial score (nSPS) is 15.3. The second-order valence-electron chi connectivity index (χ2n) is 10.8. The van der Waals surface area contributed by atoms with Crippen LogP contribution in [-0.2, 0) is 11.0 Å². The highest BCUT2D eigenvalue weighted by Crippen LogP contribution is 2.49. The molecule has 5 rings (SSSR count). The maximum Gasteiger partial charge on any atom is 0.422 e. The summed E-state index contributed by atoms with van der Waals surface area (Å²) in [4.78, 5) is 24.9. The number of benzene rings is 2. The van der Waals surface area contributed by atoms with Crippen molar-refractivity contribution < 1.29 is 36.9 Å². The molecule has 0 saturated heterocycles. The predicted octanol–water partition coefficient (Wildman–Crippen LogP) is 7.73. The van der Waals surface area contributed by atoms with E-state index in [4.69, 9.17) is 27.6 Å². The molecule has 222 valence electrons. The first kappa shape index (κ1) is 30.2. The summed E-state index contributed by atoms with van der Waals surface area (Å²) in [6.45, 7) is 10.8. The summed E-state index contributed by atoms with van der Waals surface area (Å²) in [5.74, 6) is -0.930. The van der Waals surface area contributed by atoms with Crippen LogP contribution >= 0.6 is 11.6 Å². The Labute approximate surface area is 248 Å². The monoisotopic (exact) mass is 613 g/mol. The number of Topliss-reactive ketones (excluding diaryl/α,β-unsaturated/α-hetero) is 1. The molecule has 12 heteroatoms. The van der Waals surface area contributed by atoms with Gasteiger partial charge in [0.05, 0.1) is 24.4 Å². The third-order valence-corrected chi connectivity index (χ3v) is 7.77. The molecule has 3 heterocycles. The molecular weight excluding hydrogens is 590 g/mol. The fourth-order valence-corrected chi connectivity index (χ4v) is 5.17. The lowest BCUT2D eigenvalue weighted by Gasteiger charge is -2.31. The molecule has 1 N–H and O–H groups in total. The van der Waals surface area contributed by atoms with E-state index in [1.165, 1.54) is 37.4 Å². The SMILES string of the molecule is [C-]#[N+]c1ccc2cc(C(=O)CCC(O)(c3cc4c(c(-c5ccc(F)c(Cl)c5)n3)OCC4(C)C)C(F)(F)F)cc(OC)c2n1. The highest BCUT2D eigenvalue weighted by atomic mass is 35.5. The van der Waals surface area contributed by atoms with Gasteiger partial charge in [0.2, 0.25) is 11.1 Å². The van der Waals surface area contributed by atoms with Crippen LogP contribution in [0.1, 0.15) is 48.3 Å². The number of methoxy groups -OCH3 is 1. The zero-order chi connectivity index (χ0) is 31.3. The van der Waals surface area contributed by atoms with Gasteiger partial charge in [0, 0.05) is 33.9 Å². The first-order chi connectivity index (χ1) is 20.2. The lowest BCUT2D eigenvalue weighted by Crippen LogP contribution is -2.43. The van der Waals surface area contributed by atoms with Gasteiger partial charge in [-0.15, -0.1) is 4.98 Å². The average Bonchev–Trinajstić information content (AvgIpc) is 3.29. The largest absolute Gasteiger partial charge is 0.492 e. The fourth-order valence-electron chi connectivity index (χ4n) is 4.99. The molecule has 0 fully saturated rings. The standard InChI is InChI=1S/C31H24ClF4N3O4/c1-29(2)15-43-28-19(29)14-24(38-27(28)17-5-7-21(33)20(32)12-17)30(41,31(34,35)36)10-9-22(40)18-11-16-6-8-25(37-3)39-26(16)23(13-18)42-4/h5-8,11-14,41H,9-10,15H2,1-2,4H3. The van der Waals surface area contributed by atoms with Crippen molar-refractivity contribution in [1.82, 2.24) is 9.97 Å². The number of ether oxygens (including phenoxy) is 2. The Morgan fingerprint density at radius 1 is 1.16 bits per heavy atom. The number of carbonyl (C=O) groups excluding carboxylic acids is 1. The Hall–Kier alpha value is -4.27. The Bertz CT molecular complexity index is 1820. The maximum atomic E-state index is 14.7. The van der Waals surface area contributed by atoms with E-state index in [1.54, 1.807) is 19.9 Å². The number of hydrogen-bond donors (Lipinski definition) is 1. The predicted molar refractivity (Wildman–Crippen MR) is 151 cm³/mol. The van der Waals surface area contributed by atoms with E-state index in [2.05, 4.69) is 14.8 Å². The molecule has 0 radical (unpaired) electrons. The van der Waals surface area contributed by atoms with Gasteiger partial charge in [0.25, 0.3) is 5.82 Å². The van der Waals surface area contributed by atoms with Crippen molar-refractivity contribution in [2.75, 3.05) is 13.7 Å². The molecule has 2 aromatic heterocycles. The van der Waals surface area contributed by atoms with Crippen LogP contribution < -0.4 is 9.47 Å². The maximum absolute atomic E-state index is 14.7. The quantitative estimate of drug-likeness (QED) is 0.130. The van der Waals surface area contributed by atoms with Crippen molar-refractivity contribution >= 4 is 34.1 Å². The minimum atomic E-state index is -5.23. The third kappa shape index (κ3) is 5.37. The van der Waals surface area contributed by atoms with Gasteiger partial charge in [-0.25, -0.2) is 9.37 Å². The van der Waals surface area contributed by atoms with Gasteiger partial charge < -0.3 is 19.4 Å². The van der Waals surface area contributed by atoms with Gasteiger partial charge in [-0.1, -0.05) is 38.1 Å². The van der Waals surface area contributed by atoms with E-state index in [0.717, 1.165) is 12.1 Å². The molecule has 2 aromatic carbocycles. The smallest absolute Gasteiger partial charge is 0.422 e. The van der Waals surface area contributed by atoms with Crippen LogP contribution in [0.4, 0.5) is 23.4 Å². The number of nitrogens with zero attached hydrogens (tertiary/aromatic N) is 3. The second-order valence-corrected chi connectivity index (χ2v) is 11.3. The van der Waals surface area contributed by atoms with E-state index in [0.29, 0.717) is 16.5 Å². The summed E-state index contributed by atoms with van der Waals surface area (Å²) in [6.07, 6.45) is -6.97. The van der Waals surface area contributed by atoms with E-state index in [-0.39, 0.29) is 45.8 Å². The van der Waals surface area contributed by atoms with Crippen LogP contribution in [0.15, 0.2) is 48.5 Å². The number of carbonyl (C=O) groups is 1. The van der Waals surface area contributed by atoms with Crippen LogP contribution in [0.2, 0.25) is 5.02 Å². The fraction of sp³-hybridized carbons (Fsp3) is 0.290. The molecule has 0 saturated carbocycles. The molecule has 1 atom stereocenters. The van der Waals surface area contributed by atoms with E-state index >= 15 is 0 Å². The molecule has 43 heavy (non-hydrogen) atoms. The zero-order valence-electron chi connectivity index (χ0n) is 23.1. The average molecular weight is 614 g/mol. The highest BCUT2D eigenvalue weighted by Gasteiger charge is 2.56. The van der Waals surface area contributed by atoms with Crippen LogP contribution in [-0.4, -0.2) is 40.8 Å². The van der Waals surface area contributed by atoms with E-state index < -0.39 is 47.3 Å². The Balaban J connectivity index is 1.56. The van der Waals surface area contributed by atoms with Crippen molar-refractivity contribution in [3.05, 3.63) is 87.6 Å². The van der Waals surface area contributed by atoms with Gasteiger partial charge in [-0.2, -0.15) is 13.2 Å². The van der Waals surface area contributed by atoms with Crippen molar-refractivity contribution in [2.45, 2.75) is 43.9 Å². The molecule has 7 nitrogen and oxygen atoms in total. The number of fused-ring (bicyclic) bond motifs is 2. The van der Waals surface area contributed by atoms with Gasteiger partial charge >= 0.3 is 6.18 Å². The van der Waals surface area contributed by atoms with E-state index in [9.17, 15) is 27.5 Å². The molecule has 0 amide bonds. The van der Waals surface area contributed by atoms with Gasteiger partial charge in [-0.3, -0.25) is 4.79 Å². The first-order valence-electron chi connectivity index (χ1n) is 13.0. The summed E-state index contributed by atoms with van der Waals surface area (Å²) < 4.78 is 69.1. The number of rotatable bonds is 7. The lowest BCUT2D eigenvalue weighted by atomic mass is 9.83. The van der Waals surface area contributed by atoms with Crippen LogP contribution in [0.5, 0.6) is 11.5 Å². The number of ketones is 1. The number of aromatic nitrogens is 2. The summed E-state index contributed by atoms with van der Waals surface area (Å²) in [7, 11) is 1.34. The summed E-state index contributed by atoms with van der Waals surface area (Å²) in [6, 6.07) is 10.5. The molecule has 1 aliphatic rings. The minimum Gasteiger partial charge on any atom is -0.492 e. The molecule has 1 unspecified atom stereocenters. The summed E-state index contributed by atoms with van der Waals surface area (Å²) in [5, 5.41) is 11.5. The topological polar surface area (TPSA) is 85.9 Å². The summed E-state index contributed by atoms with van der Waals surface area (Å²) in [5.41, 5.74) is -4.11. The number of hydrogen-bond acceptors (Lipinski definition) is 6. The van der Waals surface area contributed by atoms with E-state index in [1.807, 2.05) is 0 Å². The molecule has 0 bridgehead atoms. The molecule has 0 aliphatic carbocycles. The highest BCUT2D eigenvalue weighted by molar-refractivity contribution is 6.31. The second kappa shape index (κ2) is 10.8. The Kier molecular flexibility index (Phi) is 7.57. The molecule has 1 aliphatic heterocycles. The van der Waals surface area contributed by atoms with Crippen LogP contribution in [0, 0.1) is 12.4 Å². The zero-order valence-corrected chi connectivity index (χ0v) is 23.9. The van der Waals surface area contributed by atoms with Crippen LogP contribution in [0.3, 0.4) is 0 Å². The van der Waals surface area contributed by atoms with Gasteiger partial charge in [0.15, 0.2) is 11.5 Å². The molecule has 4 aromatic rings. The minimum absolute atomic E-state index is 0.0421. The van der Waals surface area contributed by atoms with Crippen molar-refractivity contribution in [3.8, 4) is 22.8 Å². The third-order valence-electron chi connectivity index (χ3n) is 7.48. The van der Waals surface area contributed by atoms with Gasteiger partial charge in [-0.05, 0) is 48.9 Å². The summed E-state index contributed by atoms with van der Waals surface area (Å²) >= 11 is 5.95. The molecule has 0 spiro atoms. The first-order valence-corrected chi connectivity index (χ1v) is 13.4. The number of alkyl halides is 3. The number of halogens is 5. The van der Waals surface area contributed by atoms with Crippen molar-refractivity contribution in [2.24, 2.45) is 0 Å². The van der Waals surface area contributed by atoms with Crippen molar-refractivity contribution in [3.63, 3.8) is 0 Å². The van der Waals surface area contributed by atoms with Crippen LogP contribution in [0.25, 0.3) is 27.0 Å². The van der Waals surface area contributed by atoms with Gasteiger partial charge in [0.1, 0.15) is 17.3 Å². The molecular formula is C31H24ClF4N3O4. The van der Waals surface area contributed by atoms with Crippen molar-refractivity contribution in [1.29, 1.82) is 0 Å². The number of aliphatic hydroxyl groups is 1. The Morgan fingerprint density at radius 2 is 1.91 bits per heavy atom. The Morgan fingerprint density at radius 3 is 2.56 bits per heavy atom. The lowest BCUT2D eigenvalue weighted by molar-refractivity contribution is -0.270.